The van der Waals surface area contributed by atoms with Crippen molar-refractivity contribution in [2.24, 2.45) is 0 Å². The number of halogens is 1. The van der Waals surface area contributed by atoms with Crippen LogP contribution in [0.5, 0.6) is 0 Å². The summed E-state index contributed by atoms with van der Waals surface area (Å²) in [6, 6.07) is 92.6. The number of nitrogens with two attached hydrogens (primary N) is 1. The van der Waals surface area contributed by atoms with Crippen LogP contribution in [-0.4, -0.2) is 0 Å². The van der Waals surface area contributed by atoms with Gasteiger partial charge in [-0.15, -0.1) is 0 Å². The highest BCUT2D eigenvalue weighted by molar-refractivity contribution is 6.31. The van der Waals surface area contributed by atoms with Gasteiger partial charge in [0.15, 0.2) is 0 Å². The molecular weight excluding hydrogens is 782 g/mol. The molecule has 0 unspecified atom stereocenters. The molecule has 0 aliphatic heterocycles. The smallest absolute Gasteiger partial charge is 0.0412 e. The first-order valence-electron chi connectivity index (χ1n) is 21.3. The quantitative estimate of drug-likeness (QED) is 0.152. The Bertz CT molecular complexity index is 2920. The Morgan fingerprint density at radius 3 is 0.968 bits per heavy atom. The molecule has 0 heterocycles. The van der Waals surface area contributed by atoms with Crippen molar-refractivity contribution in [1.29, 1.82) is 0 Å². The van der Waals surface area contributed by atoms with E-state index in [0.717, 1.165) is 17.1 Å². The normalized spacial score (nSPS) is 10.4. The summed E-state index contributed by atoms with van der Waals surface area (Å²) in [5.74, 6) is 0. The maximum absolute atomic E-state index is 6.15. The van der Waals surface area contributed by atoms with Crippen LogP contribution in [0.15, 0.2) is 267 Å². The van der Waals surface area contributed by atoms with Crippen molar-refractivity contribution >= 4 is 17.3 Å². The Morgan fingerprint density at radius 1 is 0.254 bits per heavy atom. The van der Waals surface area contributed by atoms with Gasteiger partial charge in [-0.3, -0.25) is 0 Å². The van der Waals surface area contributed by atoms with Crippen LogP contribution in [0, 0.1) is 0 Å². The zero-order valence-corrected chi connectivity index (χ0v) is 35.8. The molecule has 10 aromatic rings. The average molecular weight is 831 g/mol. The second-order valence-corrected chi connectivity index (χ2v) is 15.7. The standard InChI is InChI=1S/C31H24.C18H13Cl.C12H11N/c1-4-10-26(11-5-1)27-19-16-24(17-20-27)22-25-18-21-30(28-12-6-2-7-13-28)31(23-25)29-14-8-3-9-15-29;19-16-11-12-17(14-7-3-1-4-8-14)18(13-16)15-9-5-2-6-10-15;13-12-8-6-11(7-9-12)10-4-2-1-3-5-10/h1-21,23H,22H2;1-13H;1-9H,13H2. The lowest BCUT2D eigenvalue weighted by atomic mass is 9.91. The van der Waals surface area contributed by atoms with E-state index >= 15 is 0 Å². The molecule has 0 spiro atoms. The van der Waals surface area contributed by atoms with Crippen LogP contribution in [0.4, 0.5) is 5.69 Å². The van der Waals surface area contributed by atoms with Gasteiger partial charge in [-0.25, -0.2) is 0 Å². The molecule has 10 aromatic carbocycles. The number of hydrogen-bond acceptors (Lipinski definition) is 1. The number of nitrogen functional groups attached to an aromatic ring is 1. The molecule has 0 aromatic heterocycles. The molecule has 0 amide bonds. The molecule has 0 bridgehead atoms. The predicted molar refractivity (Wildman–Crippen MR) is 271 cm³/mol. The molecule has 0 saturated carbocycles. The summed E-state index contributed by atoms with van der Waals surface area (Å²) < 4.78 is 0. The van der Waals surface area contributed by atoms with E-state index in [9.17, 15) is 0 Å². The van der Waals surface area contributed by atoms with Crippen molar-refractivity contribution in [2.75, 3.05) is 5.73 Å². The number of benzene rings is 10. The summed E-state index contributed by atoms with van der Waals surface area (Å²) in [4.78, 5) is 0. The summed E-state index contributed by atoms with van der Waals surface area (Å²) >= 11 is 6.15. The highest BCUT2D eigenvalue weighted by Crippen LogP contribution is 2.35. The lowest BCUT2D eigenvalue weighted by molar-refractivity contribution is 1.19. The van der Waals surface area contributed by atoms with E-state index in [1.54, 1.807) is 0 Å². The summed E-state index contributed by atoms with van der Waals surface area (Å²) in [5, 5.41) is 0.763. The highest BCUT2D eigenvalue weighted by Gasteiger charge is 2.10. The molecule has 0 saturated heterocycles. The number of rotatable bonds is 8. The molecule has 63 heavy (non-hydrogen) atoms. The maximum Gasteiger partial charge on any atom is 0.0412 e. The fourth-order valence-corrected chi connectivity index (χ4v) is 7.83. The Morgan fingerprint density at radius 2 is 0.556 bits per heavy atom. The van der Waals surface area contributed by atoms with E-state index in [1.807, 2.05) is 78.9 Å². The fourth-order valence-electron chi connectivity index (χ4n) is 7.66. The van der Waals surface area contributed by atoms with Gasteiger partial charge < -0.3 is 5.73 Å². The molecule has 2 heteroatoms. The topological polar surface area (TPSA) is 26.0 Å². The molecular formula is C61H48ClN. The van der Waals surface area contributed by atoms with Crippen LogP contribution in [0.25, 0.3) is 66.8 Å². The number of hydrogen-bond donors (Lipinski definition) is 1. The van der Waals surface area contributed by atoms with Crippen molar-refractivity contribution in [1.82, 2.24) is 0 Å². The zero-order valence-electron chi connectivity index (χ0n) is 35.1. The van der Waals surface area contributed by atoms with Gasteiger partial charge in [0.05, 0.1) is 0 Å². The Labute approximate surface area is 377 Å². The Balaban J connectivity index is 0.000000144. The molecule has 0 aliphatic carbocycles. The van der Waals surface area contributed by atoms with Crippen molar-refractivity contribution in [3.8, 4) is 66.8 Å². The van der Waals surface area contributed by atoms with Crippen molar-refractivity contribution in [2.45, 2.75) is 6.42 Å². The van der Waals surface area contributed by atoms with Gasteiger partial charge in [0.2, 0.25) is 0 Å². The van der Waals surface area contributed by atoms with Crippen LogP contribution in [0.2, 0.25) is 5.02 Å². The molecule has 0 aliphatic rings. The van der Waals surface area contributed by atoms with Crippen molar-refractivity contribution in [3.05, 3.63) is 283 Å². The monoisotopic (exact) mass is 829 g/mol. The first-order chi connectivity index (χ1) is 31.1. The minimum atomic E-state index is 0.763. The summed E-state index contributed by atoms with van der Waals surface area (Å²) in [6.45, 7) is 0. The minimum Gasteiger partial charge on any atom is -0.399 e. The Hall–Kier alpha value is -7.71. The van der Waals surface area contributed by atoms with E-state index in [4.69, 9.17) is 17.3 Å². The van der Waals surface area contributed by atoms with Crippen LogP contribution in [0.3, 0.4) is 0 Å². The van der Waals surface area contributed by atoms with Crippen LogP contribution in [-0.2, 0) is 6.42 Å². The fraction of sp³-hybridized carbons (Fsp3) is 0.0164. The second kappa shape index (κ2) is 21.2. The SMILES string of the molecule is Clc1ccc(-c2ccccc2)c(-c2ccccc2)c1.Nc1ccc(-c2ccccc2)cc1.c1ccc(-c2ccc(Cc3ccc(-c4ccccc4)c(-c4ccccc4)c3)cc2)cc1. The largest absolute Gasteiger partial charge is 0.399 e. The van der Waals surface area contributed by atoms with Crippen molar-refractivity contribution < 1.29 is 0 Å². The third-order valence-corrected chi connectivity index (χ3v) is 11.1. The predicted octanol–water partition coefficient (Wildman–Crippen LogP) is 16.9. The van der Waals surface area contributed by atoms with E-state index < -0.39 is 0 Å². The van der Waals surface area contributed by atoms with E-state index in [0.29, 0.717) is 0 Å². The molecule has 1 nitrogen and oxygen atoms in total. The first-order valence-corrected chi connectivity index (χ1v) is 21.6. The van der Waals surface area contributed by atoms with Crippen LogP contribution in [0.1, 0.15) is 11.1 Å². The average Bonchev–Trinajstić information content (AvgIpc) is 3.36. The lowest BCUT2D eigenvalue weighted by Crippen LogP contribution is -1.92. The minimum absolute atomic E-state index is 0.763. The van der Waals surface area contributed by atoms with E-state index in [2.05, 4.69) is 188 Å². The van der Waals surface area contributed by atoms with Gasteiger partial charge in [0, 0.05) is 10.7 Å². The third-order valence-electron chi connectivity index (χ3n) is 10.9. The molecule has 0 fully saturated rings. The molecule has 10 rings (SSSR count). The molecule has 2 N–H and O–H groups in total. The van der Waals surface area contributed by atoms with Crippen molar-refractivity contribution in [3.63, 3.8) is 0 Å². The third kappa shape index (κ3) is 11.4. The van der Waals surface area contributed by atoms with Gasteiger partial charge in [-0.2, -0.15) is 0 Å². The van der Waals surface area contributed by atoms with Crippen LogP contribution < -0.4 is 5.73 Å². The van der Waals surface area contributed by atoms with Crippen LogP contribution >= 0.6 is 11.6 Å². The van der Waals surface area contributed by atoms with Gasteiger partial charge in [-0.1, -0.05) is 254 Å². The first kappa shape index (κ1) is 42.0. The molecule has 0 atom stereocenters. The summed E-state index contributed by atoms with van der Waals surface area (Å²) in [5.41, 5.74) is 23.8. The highest BCUT2D eigenvalue weighted by atomic mass is 35.5. The zero-order chi connectivity index (χ0) is 43.1. The van der Waals surface area contributed by atoms with Gasteiger partial charge in [0.25, 0.3) is 0 Å². The van der Waals surface area contributed by atoms with E-state index in [-0.39, 0.29) is 0 Å². The van der Waals surface area contributed by atoms with E-state index in [1.165, 1.54) is 77.9 Å². The lowest BCUT2D eigenvalue weighted by Gasteiger charge is -2.13. The number of anilines is 1. The Kier molecular flexibility index (Phi) is 14.1. The summed E-state index contributed by atoms with van der Waals surface area (Å²) in [6.07, 6.45) is 0.921. The van der Waals surface area contributed by atoms with Gasteiger partial charge >= 0.3 is 0 Å². The summed E-state index contributed by atoms with van der Waals surface area (Å²) in [7, 11) is 0. The second-order valence-electron chi connectivity index (χ2n) is 15.3. The molecule has 304 valence electrons. The van der Waals surface area contributed by atoms with Gasteiger partial charge in [0.1, 0.15) is 0 Å². The van der Waals surface area contributed by atoms with Gasteiger partial charge in [-0.05, 0) is 109 Å². The maximum atomic E-state index is 6.15. The molecule has 0 radical (unpaired) electrons.